The molecule has 60 valence electrons. The van der Waals surface area contributed by atoms with Gasteiger partial charge in [-0.2, -0.15) is 0 Å². The summed E-state index contributed by atoms with van der Waals surface area (Å²) in [6, 6.07) is 9.54. The lowest BCUT2D eigenvalue weighted by molar-refractivity contribution is 1.21. The van der Waals surface area contributed by atoms with Gasteiger partial charge in [0.15, 0.2) is 0 Å². The zero-order chi connectivity index (χ0) is 8.39. The Kier molecular flexibility index (Phi) is 1.60. The molecular weight excluding hydrogens is 152 g/mol. The summed E-state index contributed by atoms with van der Waals surface area (Å²) in [5.74, 6) is 5.62. The summed E-state index contributed by atoms with van der Waals surface area (Å²) in [5.41, 5.74) is 4.09. The largest absolute Gasteiger partial charge is 0.292 e. The third-order valence-electron chi connectivity index (χ3n) is 1.57. The Balaban J connectivity index is 2.61. The van der Waals surface area contributed by atoms with Gasteiger partial charge in [-0.05, 0) is 12.1 Å². The van der Waals surface area contributed by atoms with Gasteiger partial charge in [-0.3, -0.25) is 5.43 Å². The van der Waals surface area contributed by atoms with Crippen LogP contribution < -0.4 is 11.3 Å². The van der Waals surface area contributed by atoms with Crippen LogP contribution in [0.25, 0.3) is 11.4 Å². The highest BCUT2D eigenvalue weighted by Crippen LogP contribution is 2.18. The van der Waals surface area contributed by atoms with E-state index in [0.29, 0.717) is 5.95 Å². The molecule has 0 unspecified atom stereocenters. The van der Waals surface area contributed by atoms with Gasteiger partial charge in [0.2, 0.25) is 5.95 Å². The quantitative estimate of drug-likeness (QED) is 0.480. The minimum atomic E-state index is 0.455. The summed E-state index contributed by atoms with van der Waals surface area (Å²) in [6.45, 7) is 0. The second-order valence-electron chi connectivity index (χ2n) is 2.37. The van der Waals surface area contributed by atoms with E-state index in [1.807, 2.05) is 30.3 Å². The van der Waals surface area contributed by atoms with E-state index < -0.39 is 0 Å². The molecule has 1 aliphatic heterocycles. The summed E-state index contributed by atoms with van der Waals surface area (Å²) in [6.07, 6.45) is 0. The molecule has 2 aliphatic rings. The van der Waals surface area contributed by atoms with Crippen molar-refractivity contribution in [3.8, 4) is 11.4 Å². The molecule has 0 saturated heterocycles. The number of imidazole rings is 1. The Hall–Kier alpha value is -1.68. The third-order valence-corrected chi connectivity index (χ3v) is 1.57. The van der Waals surface area contributed by atoms with Crippen molar-refractivity contribution in [1.29, 1.82) is 0 Å². The smallest absolute Gasteiger partial charge is 0.238 e. The summed E-state index contributed by atoms with van der Waals surface area (Å²) in [4.78, 5) is 8.25. The fraction of sp³-hybridized carbons (Fsp3) is 0. The molecule has 0 bridgehead atoms. The van der Waals surface area contributed by atoms with Gasteiger partial charge in [0.25, 0.3) is 0 Å². The van der Waals surface area contributed by atoms with E-state index in [-0.39, 0.29) is 0 Å². The van der Waals surface area contributed by atoms with Crippen LogP contribution in [0, 0.1) is 0 Å². The summed E-state index contributed by atoms with van der Waals surface area (Å²) >= 11 is 0. The van der Waals surface area contributed by atoms with Crippen molar-refractivity contribution >= 4 is 5.95 Å². The van der Waals surface area contributed by atoms with Crippen molar-refractivity contribution in [2.24, 2.45) is 5.84 Å². The van der Waals surface area contributed by atoms with Gasteiger partial charge in [0.05, 0.1) is 11.4 Å². The molecule has 0 saturated carbocycles. The van der Waals surface area contributed by atoms with Crippen LogP contribution in [0.2, 0.25) is 0 Å². The van der Waals surface area contributed by atoms with E-state index >= 15 is 0 Å². The molecule has 0 amide bonds. The van der Waals surface area contributed by atoms with Crippen LogP contribution in [0.4, 0.5) is 5.95 Å². The molecule has 0 fully saturated rings. The number of nitrogens with one attached hydrogen (secondary N) is 1. The van der Waals surface area contributed by atoms with Crippen LogP contribution in [0.15, 0.2) is 30.3 Å². The van der Waals surface area contributed by atoms with Crippen molar-refractivity contribution < 1.29 is 0 Å². The lowest BCUT2D eigenvalue weighted by Gasteiger charge is -1.84. The zero-order valence-corrected chi connectivity index (χ0v) is 6.36. The topological polar surface area (TPSA) is 63.8 Å². The van der Waals surface area contributed by atoms with Crippen LogP contribution >= 0.6 is 0 Å². The molecular formula is C8H8N4. The Morgan fingerprint density at radius 1 is 1.00 bits per heavy atom. The van der Waals surface area contributed by atoms with E-state index in [1.54, 1.807) is 0 Å². The molecule has 1 aliphatic carbocycles. The molecule has 4 nitrogen and oxygen atoms in total. The molecule has 0 aromatic carbocycles. The van der Waals surface area contributed by atoms with Crippen LogP contribution in [0.1, 0.15) is 0 Å². The summed E-state index contributed by atoms with van der Waals surface area (Å²) < 4.78 is 0. The number of anilines is 1. The highest BCUT2D eigenvalue weighted by Gasteiger charge is 2.05. The molecule has 4 heteroatoms. The first-order chi connectivity index (χ1) is 5.90. The van der Waals surface area contributed by atoms with Gasteiger partial charge in [-0.15, -0.1) is 0 Å². The maximum Gasteiger partial charge on any atom is 0.238 e. The zero-order valence-electron chi connectivity index (χ0n) is 6.36. The summed E-state index contributed by atoms with van der Waals surface area (Å²) in [7, 11) is 0. The predicted octanol–water partition coefficient (Wildman–Crippen LogP) is 0.867. The molecule has 2 rings (SSSR count). The van der Waals surface area contributed by atoms with Crippen molar-refractivity contribution in [2.45, 2.75) is 0 Å². The van der Waals surface area contributed by atoms with Gasteiger partial charge < -0.3 is 0 Å². The van der Waals surface area contributed by atoms with E-state index in [4.69, 9.17) is 5.84 Å². The maximum absolute atomic E-state index is 5.17. The molecule has 0 aromatic rings. The Morgan fingerprint density at radius 3 is 2.08 bits per heavy atom. The first-order valence-electron chi connectivity index (χ1n) is 3.59. The SMILES string of the molecule is NNc1nc2cccccc-2n1. The highest BCUT2D eigenvalue weighted by molar-refractivity contribution is 5.59. The standard InChI is InChI=1S/C8H8N4/c9-12-8-10-6-4-2-1-3-5-7(6)11-8/h1-5H,9H2,(H,10,11,12). The molecule has 0 atom stereocenters. The lowest BCUT2D eigenvalue weighted by Crippen LogP contribution is -2.07. The fourth-order valence-electron chi connectivity index (χ4n) is 1.04. The lowest BCUT2D eigenvalue weighted by atomic mass is 10.3. The van der Waals surface area contributed by atoms with Gasteiger partial charge in [-0.1, -0.05) is 18.2 Å². The number of nitrogen functional groups attached to an aromatic ring is 1. The van der Waals surface area contributed by atoms with Crippen LogP contribution in [-0.4, -0.2) is 9.97 Å². The van der Waals surface area contributed by atoms with Crippen LogP contribution in [0.3, 0.4) is 0 Å². The first-order valence-corrected chi connectivity index (χ1v) is 3.59. The highest BCUT2D eigenvalue weighted by atomic mass is 15.3. The molecule has 0 aromatic heterocycles. The molecule has 0 spiro atoms. The minimum absolute atomic E-state index is 0.455. The fourth-order valence-corrected chi connectivity index (χ4v) is 1.04. The second-order valence-corrected chi connectivity index (χ2v) is 2.37. The predicted molar refractivity (Wildman–Crippen MR) is 46.5 cm³/mol. The number of nitrogens with two attached hydrogens (primary N) is 1. The number of hydrogen-bond acceptors (Lipinski definition) is 4. The van der Waals surface area contributed by atoms with Crippen molar-refractivity contribution in [3.05, 3.63) is 30.3 Å². The normalized spacial score (nSPS) is 10.1. The van der Waals surface area contributed by atoms with E-state index in [9.17, 15) is 0 Å². The number of aromatic nitrogens is 2. The van der Waals surface area contributed by atoms with Gasteiger partial charge in [-0.25, -0.2) is 15.8 Å². The average molecular weight is 160 g/mol. The Bertz CT molecular complexity index is 330. The first kappa shape index (κ1) is 7.00. The average Bonchev–Trinajstić information content (AvgIpc) is 2.37. The molecule has 3 N–H and O–H groups in total. The molecule has 1 heterocycles. The van der Waals surface area contributed by atoms with Crippen molar-refractivity contribution in [3.63, 3.8) is 0 Å². The van der Waals surface area contributed by atoms with Crippen molar-refractivity contribution in [2.75, 3.05) is 5.43 Å². The third kappa shape index (κ3) is 1.08. The van der Waals surface area contributed by atoms with Crippen LogP contribution in [-0.2, 0) is 0 Å². The van der Waals surface area contributed by atoms with Gasteiger partial charge in [0.1, 0.15) is 0 Å². The Morgan fingerprint density at radius 2 is 1.58 bits per heavy atom. The van der Waals surface area contributed by atoms with Gasteiger partial charge in [0, 0.05) is 0 Å². The van der Waals surface area contributed by atoms with Crippen LogP contribution in [0.5, 0.6) is 0 Å². The molecule has 12 heavy (non-hydrogen) atoms. The summed E-state index contributed by atoms with van der Waals surface area (Å²) in [5, 5.41) is 0. The number of fused-ring (bicyclic) bond motifs is 1. The molecule has 0 radical (unpaired) electrons. The van der Waals surface area contributed by atoms with E-state index in [1.165, 1.54) is 0 Å². The van der Waals surface area contributed by atoms with Gasteiger partial charge >= 0.3 is 0 Å². The van der Waals surface area contributed by atoms with E-state index in [2.05, 4.69) is 15.4 Å². The monoisotopic (exact) mass is 160 g/mol. The number of rotatable bonds is 1. The number of hydrazine groups is 1. The van der Waals surface area contributed by atoms with E-state index in [0.717, 1.165) is 11.4 Å². The number of nitrogens with zero attached hydrogens (tertiary/aromatic N) is 2. The Labute approximate surface area is 69.8 Å². The number of hydrogen-bond donors (Lipinski definition) is 2. The minimum Gasteiger partial charge on any atom is -0.292 e. The van der Waals surface area contributed by atoms with Crippen molar-refractivity contribution in [1.82, 2.24) is 9.97 Å². The second kappa shape index (κ2) is 2.75. The maximum atomic E-state index is 5.17.